The number of methoxy groups -OCH3 is 1. The molecule has 0 bridgehead atoms. The van der Waals surface area contributed by atoms with Crippen LogP contribution in [-0.4, -0.2) is 54.9 Å². The van der Waals surface area contributed by atoms with Gasteiger partial charge in [-0.05, 0) is 55.7 Å². The van der Waals surface area contributed by atoms with Gasteiger partial charge in [0.25, 0.3) is 0 Å². The number of nitrogen functional groups attached to an aromatic ring is 1. The molecule has 2 aliphatic rings. The minimum atomic E-state index is -4.52. The Kier molecular flexibility index (Phi) is 8.37. The Morgan fingerprint density at radius 2 is 2.05 bits per heavy atom. The lowest BCUT2D eigenvalue weighted by Crippen LogP contribution is -2.50. The third-order valence-electron chi connectivity index (χ3n) is 6.96. The van der Waals surface area contributed by atoms with E-state index in [4.69, 9.17) is 48.3 Å². The number of nitrogens with two attached hydrogens (primary N) is 2. The molecule has 1 saturated heterocycles. The summed E-state index contributed by atoms with van der Waals surface area (Å²) in [4.78, 5) is -0.758. The summed E-state index contributed by atoms with van der Waals surface area (Å²) in [5.41, 5.74) is 5.26. The highest BCUT2D eigenvalue weighted by atomic mass is 35.5. The van der Waals surface area contributed by atoms with Gasteiger partial charge in [-0.15, -0.1) is 0 Å². The zero-order valence-electron chi connectivity index (χ0n) is 21.8. The summed E-state index contributed by atoms with van der Waals surface area (Å²) in [5, 5.41) is 17.9. The number of allylic oxidation sites excluding steroid dienone is 3. The maximum Gasteiger partial charge on any atom is 0.237 e. The summed E-state index contributed by atoms with van der Waals surface area (Å²) in [6, 6.07) is 7.73. The first-order valence-corrected chi connectivity index (χ1v) is 14.9. The van der Waals surface area contributed by atoms with Gasteiger partial charge in [-0.3, -0.25) is 0 Å². The second-order valence-corrected chi connectivity index (χ2v) is 12.0. The predicted octanol–water partition coefficient (Wildman–Crippen LogP) is 4.21. The average molecular weight is 626 g/mol. The van der Waals surface area contributed by atoms with Gasteiger partial charge >= 0.3 is 0 Å². The number of sulfonamides is 1. The first kappa shape index (κ1) is 29.4. The number of rotatable bonds is 8. The summed E-state index contributed by atoms with van der Waals surface area (Å²) < 4.78 is 60.6. The summed E-state index contributed by atoms with van der Waals surface area (Å²) >= 11 is 13.0. The van der Waals surface area contributed by atoms with E-state index in [0.717, 1.165) is 25.3 Å². The second-order valence-electron chi connectivity index (χ2n) is 9.62. The largest absolute Gasteiger partial charge is 0.458 e. The molecule has 1 aliphatic carbocycles. The molecule has 218 valence electrons. The first-order valence-electron chi connectivity index (χ1n) is 12.6. The van der Waals surface area contributed by atoms with Gasteiger partial charge in [0.05, 0.1) is 22.2 Å². The molecule has 0 radical (unpaired) electrons. The van der Waals surface area contributed by atoms with Crippen LogP contribution in [0.5, 0.6) is 5.75 Å². The molecule has 5 rings (SSSR count). The minimum Gasteiger partial charge on any atom is -0.458 e. The Balaban J connectivity index is 1.68. The smallest absolute Gasteiger partial charge is 0.237 e. The quantitative estimate of drug-likeness (QED) is 0.374. The van der Waals surface area contributed by atoms with E-state index in [1.807, 2.05) is 0 Å². The Morgan fingerprint density at radius 1 is 1.24 bits per heavy atom. The first-order chi connectivity index (χ1) is 19.6. The monoisotopic (exact) mass is 624 g/mol. The van der Waals surface area contributed by atoms with Gasteiger partial charge in [0.15, 0.2) is 12.0 Å². The molecule has 1 aromatic carbocycles. The standard InChI is InChI=1S/C26H27Cl2FN6O5S/c1-38-14-26(21-5-4-9-32-33-21)23(29)20(41(31,36)37)12-18(28)24(26)40-19-8-7-15(27)11-16(19)17-13-35(34-25(17)30)22-6-2-3-10-39-22/h4-5,7-9,11-13,22-23H,2-3,6,10,14H2,1H3,(H2,30,34)(H2,31,36,37). The van der Waals surface area contributed by atoms with Crippen molar-refractivity contribution in [1.82, 2.24) is 20.0 Å². The van der Waals surface area contributed by atoms with Crippen LogP contribution in [0, 0.1) is 0 Å². The molecule has 41 heavy (non-hydrogen) atoms. The molecule has 0 spiro atoms. The molecular weight excluding hydrogens is 598 g/mol. The van der Waals surface area contributed by atoms with Crippen LogP contribution in [0.15, 0.2) is 64.5 Å². The molecule has 3 atom stereocenters. The topological polar surface area (TPSA) is 157 Å². The lowest BCUT2D eigenvalue weighted by molar-refractivity contribution is -0.0392. The van der Waals surface area contributed by atoms with Gasteiger partial charge < -0.3 is 19.9 Å². The Hall–Kier alpha value is -3.07. The fourth-order valence-electron chi connectivity index (χ4n) is 5.03. The van der Waals surface area contributed by atoms with Crippen LogP contribution in [0.2, 0.25) is 5.02 Å². The van der Waals surface area contributed by atoms with Crippen LogP contribution in [0.25, 0.3) is 11.1 Å². The van der Waals surface area contributed by atoms with E-state index in [2.05, 4.69) is 15.3 Å². The van der Waals surface area contributed by atoms with E-state index in [0.29, 0.717) is 22.8 Å². The molecule has 3 unspecified atom stereocenters. The van der Waals surface area contributed by atoms with Crippen molar-refractivity contribution < 1.29 is 27.0 Å². The van der Waals surface area contributed by atoms with Gasteiger partial charge in [0.1, 0.15) is 23.2 Å². The number of primary sulfonamides is 1. The van der Waals surface area contributed by atoms with Crippen LogP contribution in [-0.2, 0) is 24.9 Å². The number of ether oxygens (including phenoxy) is 3. The van der Waals surface area contributed by atoms with Crippen molar-refractivity contribution in [3.05, 3.63) is 75.2 Å². The lowest BCUT2D eigenvalue weighted by Gasteiger charge is -2.39. The van der Waals surface area contributed by atoms with Gasteiger partial charge in [-0.2, -0.15) is 15.3 Å². The Morgan fingerprint density at radius 3 is 2.71 bits per heavy atom. The van der Waals surface area contributed by atoms with Crippen molar-refractivity contribution in [2.45, 2.75) is 37.1 Å². The zero-order chi connectivity index (χ0) is 29.4. The molecule has 3 aromatic rings. The highest BCUT2D eigenvalue weighted by Gasteiger charge is 2.55. The molecule has 15 heteroatoms. The van der Waals surface area contributed by atoms with Crippen LogP contribution >= 0.6 is 23.2 Å². The van der Waals surface area contributed by atoms with E-state index in [9.17, 15) is 8.42 Å². The molecule has 2 aromatic heterocycles. The molecule has 0 amide bonds. The van der Waals surface area contributed by atoms with Crippen LogP contribution in [0.1, 0.15) is 31.2 Å². The number of benzene rings is 1. The molecule has 3 heterocycles. The van der Waals surface area contributed by atoms with Gasteiger partial charge in [0, 0.05) is 42.3 Å². The van der Waals surface area contributed by atoms with Gasteiger partial charge in [0.2, 0.25) is 10.0 Å². The number of alkyl halides is 1. The van der Waals surface area contributed by atoms with Crippen LogP contribution in [0.4, 0.5) is 10.2 Å². The number of hydrogen-bond acceptors (Lipinski definition) is 9. The molecule has 4 N–H and O–H groups in total. The van der Waals surface area contributed by atoms with E-state index < -0.39 is 33.1 Å². The molecule has 0 saturated carbocycles. The van der Waals surface area contributed by atoms with Crippen molar-refractivity contribution in [3.8, 4) is 16.9 Å². The van der Waals surface area contributed by atoms with E-state index in [-0.39, 0.29) is 34.3 Å². The van der Waals surface area contributed by atoms with Crippen molar-refractivity contribution in [1.29, 1.82) is 0 Å². The van der Waals surface area contributed by atoms with E-state index >= 15 is 4.39 Å². The zero-order valence-corrected chi connectivity index (χ0v) is 24.2. The Labute approximate surface area is 245 Å². The third kappa shape index (κ3) is 5.57. The lowest BCUT2D eigenvalue weighted by atomic mass is 9.75. The summed E-state index contributed by atoms with van der Waals surface area (Å²) in [6.45, 7) is 0.188. The Bertz CT molecular complexity index is 1610. The van der Waals surface area contributed by atoms with E-state index in [1.165, 1.54) is 25.4 Å². The number of aromatic nitrogens is 4. The maximum atomic E-state index is 16.5. The molecule has 11 nitrogen and oxygen atoms in total. The number of hydrogen-bond donors (Lipinski definition) is 2. The van der Waals surface area contributed by atoms with Gasteiger partial charge in [-0.1, -0.05) is 23.2 Å². The van der Waals surface area contributed by atoms with E-state index in [1.54, 1.807) is 29.1 Å². The number of anilines is 1. The highest BCUT2D eigenvalue weighted by Crippen LogP contribution is 2.49. The van der Waals surface area contributed by atoms with Crippen LogP contribution < -0.4 is 15.6 Å². The fraction of sp³-hybridized carbons (Fsp3) is 0.346. The summed E-state index contributed by atoms with van der Waals surface area (Å²) in [7, 11) is -3.20. The second kappa shape index (κ2) is 11.7. The number of nitrogens with zero attached hydrogens (tertiary/aromatic N) is 4. The summed E-state index contributed by atoms with van der Waals surface area (Å²) in [6.07, 6.45) is 4.19. The molecule has 1 fully saturated rings. The minimum absolute atomic E-state index is 0.00837. The number of halogens is 3. The average Bonchev–Trinajstić information content (AvgIpc) is 3.34. The highest BCUT2D eigenvalue weighted by molar-refractivity contribution is 7.93. The molecular formula is C26H27Cl2FN6O5S. The van der Waals surface area contributed by atoms with Crippen LogP contribution in [0.3, 0.4) is 0 Å². The predicted molar refractivity (Wildman–Crippen MR) is 151 cm³/mol. The fourth-order valence-corrected chi connectivity index (χ4v) is 6.36. The van der Waals surface area contributed by atoms with Crippen molar-refractivity contribution in [2.24, 2.45) is 5.14 Å². The SMILES string of the molecule is COCC1(c2cccnn2)C(Oc2ccc(Cl)cc2-c2cn(C3CCCCO3)nc2N)=C(Cl)C=C(S(N)(=O)=O)C1F. The van der Waals surface area contributed by atoms with Crippen molar-refractivity contribution >= 4 is 39.0 Å². The summed E-state index contributed by atoms with van der Waals surface area (Å²) in [5.74, 6) is 0.195. The van der Waals surface area contributed by atoms with Gasteiger partial charge in [-0.25, -0.2) is 22.6 Å². The molecule has 1 aliphatic heterocycles. The van der Waals surface area contributed by atoms with Crippen molar-refractivity contribution in [3.63, 3.8) is 0 Å². The third-order valence-corrected chi connectivity index (χ3v) is 8.46. The van der Waals surface area contributed by atoms with Crippen molar-refractivity contribution in [2.75, 3.05) is 26.1 Å². The maximum absolute atomic E-state index is 16.5. The normalized spacial score (nSPS) is 23.4.